The van der Waals surface area contributed by atoms with Crippen LogP contribution in [0.2, 0.25) is 0 Å². The number of hydrogen-bond acceptors (Lipinski definition) is 6. The molecule has 1 amide bonds. The van der Waals surface area contributed by atoms with Crippen LogP contribution >= 0.6 is 0 Å². The zero-order chi connectivity index (χ0) is 35.3. The Balaban J connectivity index is 1.81. The van der Waals surface area contributed by atoms with Crippen molar-refractivity contribution in [1.29, 1.82) is 0 Å². The van der Waals surface area contributed by atoms with Gasteiger partial charge in [-0.25, -0.2) is 17.8 Å². The Kier molecular flexibility index (Phi) is 9.74. The zero-order valence-electron chi connectivity index (χ0n) is 26.0. The molecule has 1 aliphatic rings. The monoisotopic (exact) mass is 690 g/mol. The van der Waals surface area contributed by atoms with Crippen LogP contribution in [-0.4, -0.2) is 74.3 Å². The number of anilines is 2. The molecule has 1 aliphatic heterocycles. The highest BCUT2D eigenvalue weighted by Crippen LogP contribution is 2.41. The van der Waals surface area contributed by atoms with E-state index >= 15 is 0 Å². The maximum absolute atomic E-state index is 14.1. The summed E-state index contributed by atoms with van der Waals surface area (Å²) in [5.74, 6) is -1.07. The fourth-order valence-electron chi connectivity index (χ4n) is 5.62. The van der Waals surface area contributed by atoms with Gasteiger partial charge in [-0.1, -0.05) is 6.07 Å². The molecule has 0 unspecified atom stereocenters. The normalized spacial score (nSPS) is 16.8. The average Bonchev–Trinajstić information content (AvgIpc) is 2.98. The van der Waals surface area contributed by atoms with Gasteiger partial charge in [-0.05, 0) is 73.9 Å². The topological polar surface area (TPSA) is 94.1 Å². The third-order valence-electron chi connectivity index (χ3n) is 8.25. The van der Waals surface area contributed by atoms with Crippen molar-refractivity contribution in [2.24, 2.45) is 0 Å². The lowest BCUT2D eigenvalue weighted by Crippen LogP contribution is -2.56. The first-order chi connectivity index (χ1) is 21.5. The van der Waals surface area contributed by atoms with Gasteiger partial charge in [0.05, 0.1) is 47.3 Å². The summed E-state index contributed by atoms with van der Waals surface area (Å²) in [6, 6.07) is 5.70. The third kappa shape index (κ3) is 7.54. The van der Waals surface area contributed by atoms with Crippen LogP contribution in [0.25, 0.3) is 11.1 Å². The van der Waals surface area contributed by atoms with Crippen molar-refractivity contribution in [3.05, 3.63) is 76.7 Å². The molecule has 0 radical (unpaired) electrons. The number of hydrogen-bond donors (Lipinski definition) is 1. The number of aliphatic hydroxyl groups excluding tert-OH is 1. The fourth-order valence-corrected chi connectivity index (χ4v) is 6.71. The van der Waals surface area contributed by atoms with Gasteiger partial charge in [0.15, 0.2) is 0 Å². The van der Waals surface area contributed by atoms with Gasteiger partial charge in [0.1, 0.15) is 11.6 Å². The summed E-state index contributed by atoms with van der Waals surface area (Å²) in [7, 11) is -2.32. The van der Waals surface area contributed by atoms with E-state index in [1.807, 2.05) is 0 Å². The molecule has 1 fully saturated rings. The van der Waals surface area contributed by atoms with Crippen molar-refractivity contribution in [2.45, 2.75) is 44.6 Å². The van der Waals surface area contributed by atoms with Crippen molar-refractivity contribution in [2.75, 3.05) is 49.3 Å². The Morgan fingerprint density at radius 3 is 2.04 bits per heavy atom. The molecule has 1 saturated heterocycles. The number of carbonyl (C=O) groups is 1. The highest BCUT2D eigenvalue weighted by molar-refractivity contribution is 7.88. The third-order valence-corrected chi connectivity index (χ3v) is 9.58. The molecule has 8 nitrogen and oxygen atoms in total. The minimum absolute atomic E-state index is 0.0110. The number of alkyl halides is 6. The van der Waals surface area contributed by atoms with Gasteiger partial charge in [-0.15, -0.1) is 0 Å². The molecular formula is C31H33F7N4O4S. The van der Waals surface area contributed by atoms with Crippen molar-refractivity contribution in [3.8, 4) is 11.1 Å². The van der Waals surface area contributed by atoms with E-state index in [0.717, 1.165) is 11.2 Å². The molecule has 0 bridgehead atoms. The molecule has 0 spiro atoms. The number of amides is 1. The number of nitrogens with zero attached hydrogens (tertiary/aromatic N) is 4. The maximum atomic E-state index is 14.1. The number of carbonyl (C=O) groups excluding carboxylic acids is 1. The van der Waals surface area contributed by atoms with E-state index in [1.165, 1.54) is 49.6 Å². The van der Waals surface area contributed by atoms with E-state index < -0.39 is 68.9 Å². The minimum atomic E-state index is -5.12. The van der Waals surface area contributed by atoms with Crippen molar-refractivity contribution < 1.29 is 49.1 Å². The number of benzene rings is 2. The number of aromatic nitrogens is 1. The standard InChI is InChI=1S/C31H33F7N4O4S/c1-18-10-22(32)6-7-24(18)25-14-27(41-8-9-42(47(5,45)46)23(16-41)17-43)39-15-26(25)40(4)28(44)29(2,3)19-11-20(30(33,34)35)13-21(12-19)31(36,37)38/h6-7,10-15,23,43H,8-9,16-17H2,1-5H3/t23-/m1/s1. The molecule has 47 heavy (non-hydrogen) atoms. The van der Waals surface area contributed by atoms with Gasteiger partial charge in [-0.3, -0.25) is 4.79 Å². The predicted octanol–water partition coefficient (Wildman–Crippen LogP) is 5.62. The Bertz CT molecular complexity index is 1750. The molecule has 1 atom stereocenters. The SMILES string of the molecule is Cc1cc(F)ccc1-c1cc(N2CCN(S(C)(=O)=O)[C@@H](CO)C2)ncc1N(C)C(=O)C(C)(C)c1cc(C(F)(F)F)cc(C(F)(F)F)c1. The van der Waals surface area contributed by atoms with Gasteiger partial charge in [-0.2, -0.15) is 30.6 Å². The van der Waals surface area contributed by atoms with Gasteiger partial charge < -0.3 is 14.9 Å². The largest absolute Gasteiger partial charge is 0.416 e. The van der Waals surface area contributed by atoms with E-state index in [2.05, 4.69) is 4.98 Å². The first-order valence-electron chi connectivity index (χ1n) is 14.2. The fraction of sp³-hybridized carbons (Fsp3) is 0.419. The van der Waals surface area contributed by atoms with E-state index in [-0.39, 0.29) is 31.4 Å². The summed E-state index contributed by atoms with van der Waals surface area (Å²) in [5, 5.41) is 9.90. The first-order valence-corrected chi connectivity index (χ1v) is 16.1. The van der Waals surface area contributed by atoms with Gasteiger partial charge in [0.2, 0.25) is 15.9 Å². The number of halogens is 7. The Labute approximate surface area is 267 Å². The Morgan fingerprint density at radius 1 is 0.957 bits per heavy atom. The van der Waals surface area contributed by atoms with Crippen molar-refractivity contribution in [3.63, 3.8) is 0 Å². The number of aryl methyl sites for hydroxylation is 1. The lowest BCUT2D eigenvalue weighted by molar-refractivity contribution is -0.143. The van der Waals surface area contributed by atoms with E-state index in [1.54, 1.807) is 17.9 Å². The summed E-state index contributed by atoms with van der Waals surface area (Å²) in [6.07, 6.45) is -7.90. The number of sulfonamides is 1. The first kappa shape index (κ1) is 36.1. The van der Waals surface area contributed by atoms with Gasteiger partial charge in [0.25, 0.3) is 0 Å². The van der Waals surface area contributed by atoms with Crippen LogP contribution in [0.5, 0.6) is 0 Å². The molecule has 1 aromatic heterocycles. The van der Waals surface area contributed by atoms with Crippen LogP contribution in [0.1, 0.15) is 36.1 Å². The second kappa shape index (κ2) is 12.7. The Morgan fingerprint density at radius 2 is 1.53 bits per heavy atom. The number of pyridine rings is 1. The number of rotatable bonds is 7. The van der Waals surface area contributed by atoms with E-state index in [9.17, 15) is 49.1 Å². The summed E-state index contributed by atoms with van der Waals surface area (Å²) >= 11 is 0. The van der Waals surface area contributed by atoms with Crippen LogP contribution in [0, 0.1) is 12.7 Å². The second-order valence-corrected chi connectivity index (χ2v) is 13.9. The number of aliphatic hydroxyl groups is 1. The van der Waals surface area contributed by atoms with Crippen molar-refractivity contribution >= 4 is 27.4 Å². The second-order valence-electron chi connectivity index (χ2n) is 12.0. The van der Waals surface area contributed by atoms with Crippen LogP contribution in [0.4, 0.5) is 42.2 Å². The lowest BCUT2D eigenvalue weighted by atomic mass is 9.81. The summed E-state index contributed by atoms with van der Waals surface area (Å²) in [4.78, 5) is 21.2. The summed E-state index contributed by atoms with van der Waals surface area (Å²) < 4.78 is 121. The minimum Gasteiger partial charge on any atom is -0.395 e. The Hall–Kier alpha value is -3.76. The molecule has 0 aliphatic carbocycles. The molecule has 16 heteroatoms. The van der Waals surface area contributed by atoms with E-state index in [4.69, 9.17) is 0 Å². The molecule has 1 N–H and O–H groups in total. The molecular weight excluding hydrogens is 657 g/mol. The van der Waals surface area contributed by atoms with Crippen LogP contribution in [-0.2, 0) is 32.6 Å². The smallest absolute Gasteiger partial charge is 0.395 e. The zero-order valence-corrected chi connectivity index (χ0v) is 26.9. The maximum Gasteiger partial charge on any atom is 0.416 e. The average molecular weight is 691 g/mol. The summed E-state index contributed by atoms with van der Waals surface area (Å²) in [5.41, 5.74) is -4.17. The summed E-state index contributed by atoms with van der Waals surface area (Å²) in [6.45, 7) is 3.87. The number of piperazine rings is 1. The quantitative estimate of drug-likeness (QED) is 0.324. The van der Waals surface area contributed by atoms with E-state index in [0.29, 0.717) is 34.6 Å². The number of likely N-dealkylation sites (N-methyl/N-ethyl adjacent to an activating group) is 1. The predicted molar refractivity (Wildman–Crippen MR) is 162 cm³/mol. The van der Waals surface area contributed by atoms with Gasteiger partial charge in [0, 0.05) is 32.2 Å². The van der Waals surface area contributed by atoms with Crippen molar-refractivity contribution in [1.82, 2.24) is 9.29 Å². The molecule has 3 aromatic rings. The molecule has 0 saturated carbocycles. The molecule has 4 rings (SSSR count). The highest BCUT2D eigenvalue weighted by Gasteiger charge is 2.41. The van der Waals surface area contributed by atoms with Crippen LogP contribution in [0.15, 0.2) is 48.7 Å². The lowest BCUT2D eigenvalue weighted by Gasteiger charge is -2.40. The molecule has 256 valence electrons. The van der Waals surface area contributed by atoms with Crippen LogP contribution < -0.4 is 9.80 Å². The highest BCUT2D eigenvalue weighted by atomic mass is 32.2. The van der Waals surface area contributed by atoms with Crippen LogP contribution in [0.3, 0.4) is 0 Å². The van der Waals surface area contributed by atoms with Gasteiger partial charge >= 0.3 is 12.4 Å². The molecule has 2 aromatic carbocycles. The molecule has 2 heterocycles.